The van der Waals surface area contributed by atoms with Crippen molar-refractivity contribution in [3.05, 3.63) is 36.2 Å². The Morgan fingerprint density at radius 1 is 1.44 bits per heavy atom. The molecule has 1 aromatic rings. The molecule has 9 heavy (non-hydrogen) atoms. The Balaban J connectivity index is 2.85. The maximum atomic E-state index is 3.88. The highest BCUT2D eigenvalue weighted by Gasteiger charge is 1.78. The van der Waals surface area contributed by atoms with Crippen LogP contribution in [0, 0.1) is 6.08 Å². The van der Waals surface area contributed by atoms with Gasteiger partial charge in [0.25, 0.3) is 0 Å². The molecule has 0 aliphatic heterocycles. The van der Waals surface area contributed by atoms with Crippen LogP contribution in [0.5, 0.6) is 0 Å². The summed E-state index contributed by atoms with van der Waals surface area (Å²) >= 11 is 0. The molecule has 0 aromatic carbocycles. The summed E-state index contributed by atoms with van der Waals surface area (Å²) in [6, 6.07) is 3.88. The second kappa shape index (κ2) is 3.02. The number of hydrogen-bond donors (Lipinski definition) is 0. The first kappa shape index (κ1) is 6.02. The van der Waals surface area contributed by atoms with Gasteiger partial charge >= 0.3 is 0 Å². The van der Waals surface area contributed by atoms with E-state index in [1.165, 1.54) is 0 Å². The van der Waals surface area contributed by atoms with E-state index >= 15 is 0 Å². The van der Waals surface area contributed by atoms with Crippen LogP contribution in [-0.2, 0) is 0 Å². The molecule has 1 aromatic heterocycles. The van der Waals surface area contributed by atoms with E-state index in [0.717, 1.165) is 5.56 Å². The molecule has 0 fully saturated rings. The van der Waals surface area contributed by atoms with E-state index in [0.29, 0.717) is 0 Å². The summed E-state index contributed by atoms with van der Waals surface area (Å²) in [7, 11) is 0. The molecular formula is C8H8N. The first-order chi connectivity index (χ1) is 4.43. The van der Waals surface area contributed by atoms with Gasteiger partial charge in [0.1, 0.15) is 0 Å². The van der Waals surface area contributed by atoms with Gasteiger partial charge in [0.15, 0.2) is 0 Å². The summed E-state index contributed by atoms with van der Waals surface area (Å²) in [5.74, 6) is 0. The third-order valence-corrected chi connectivity index (χ3v) is 1.02. The summed E-state index contributed by atoms with van der Waals surface area (Å²) in [4.78, 5) is 3.88. The highest BCUT2D eigenvalue weighted by molar-refractivity contribution is 5.45. The average Bonchev–Trinajstić information content (AvgIpc) is 1.91. The summed E-state index contributed by atoms with van der Waals surface area (Å²) in [6.45, 7) is 1.88. The molecule has 0 atom stereocenters. The van der Waals surface area contributed by atoms with E-state index in [-0.39, 0.29) is 0 Å². The zero-order valence-electron chi connectivity index (χ0n) is 5.33. The van der Waals surface area contributed by atoms with Crippen LogP contribution in [0.3, 0.4) is 0 Å². The maximum absolute atomic E-state index is 3.88. The number of rotatable bonds is 1. The van der Waals surface area contributed by atoms with Gasteiger partial charge in [0.05, 0.1) is 0 Å². The van der Waals surface area contributed by atoms with Crippen molar-refractivity contribution in [3.63, 3.8) is 0 Å². The van der Waals surface area contributed by atoms with Gasteiger partial charge in [-0.1, -0.05) is 6.08 Å². The van der Waals surface area contributed by atoms with E-state index in [1.807, 2.05) is 25.1 Å². The van der Waals surface area contributed by atoms with E-state index in [1.54, 1.807) is 12.4 Å². The average molecular weight is 118 g/mol. The number of nitrogens with zero attached hydrogens (tertiary/aromatic N) is 1. The van der Waals surface area contributed by atoms with Crippen molar-refractivity contribution < 1.29 is 0 Å². The van der Waals surface area contributed by atoms with Crippen LogP contribution in [0.25, 0.3) is 6.08 Å². The van der Waals surface area contributed by atoms with Gasteiger partial charge < -0.3 is 0 Å². The standard InChI is InChI=1S/C8H8N/c1-2-3-8-4-6-9-7-5-8/h3-7H,1H3. The van der Waals surface area contributed by atoms with E-state index in [9.17, 15) is 0 Å². The molecule has 0 saturated carbocycles. The van der Waals surface area contributed by atoms with Crippen LogP contribution < -0.4 is 0 Å². The Kier molecular flexibility index (Phi) is 2.02. The predicted octanol–water partition coefficient (Wildman–Crippen LogP) is 1.92. The SMILES string of the molecule is C[C]=Cc1ccncc1. The lowest BCUT2D eigenvalue weighted by Crippen LogP contribution is -1.70. The molecular weight excluding hydrogens is 110 g/mol. The Bertz CT molecular complexity index is 189. The van der Waals surface area contributed by atoms with Gasteiger partial charge in [-0.2, -0.15) is 0 Å². The molecule has 0 unspecified atom stereocenters. The molecule has 1 radical (unpaired) electrons. The van der Waals surface area contributed by atoms with Crippen LogP contribution >= 0.6 is 0 Å². The number of allylic oxidation sites excluding steroid dienone is 1. The van der Waals surface area contributed by atoms with Gasteiger partial charge in [0.2, 0.25) is 0 Å². The summed E-state index contributed by atoms with van der Waals surface area (Å²) < 4.78 is 0. The van der Waals surface area contributed by atoms with Crippen LogP contribution in [-0.4, -0.2) is 4.98 Å². The van der Waals surface area contributed by atoms with E-state index < -0.39 is 0 Å². The minimum absolute atomic E-state index is 1.15. The molecule has 0 spiro atoms. The first-order valence-electron chi connectivity index (χ1n) is 2.84. The van der Waals surface area contributed by atoms with Crippen molar-refractivity contribution in [1.82, 2.24) is 4.98 Å². The third kappa shape index (κ3) is 1.68. The molecule has 0 amide bonds. The Morgan fingerprint density at radius 2 is 2.11 bits per heavy atom. The molecule has 1 nitrogen and oxygen atoms in total. The molecule has 1 heterocycles. The number of aromatic nitrogens is 1. The molecule has 0 aliphatic rings. The fourth-order valence-corrected chi connectivity index (χ4v) is 0.626. The van der Waals surface area contributed by atoms with Crippen LogP contribution in [0.4, 0.5) is 0 Å². The second-order valence-electron chi connectivity index (χ2n) is 1.71. The van der Waals surface area contributed by atoms with Crippen LogP contribution in [0.1, 0.15) is 12.5 Å². The minimum atomic E-state index is 1.15. The van der Waals surface area contributed by atoms with Gasteiger partial charge in [-0.05, 0) is 30.7 Å². The van der Waals surface area contributed by atoms with Crippen molar-refractivity contribution in [2.24, 2.45) is 0 Å². The molecule has 0 saturated heterocycles. The lowest BCUT2D eigenvalue weighted by molar-refractivity contribution is 1.32. The first-order valence-corrected chi connectivity index (χ1v) is 2.84. The van der Waals surface area contributed by atoms with Crippen molar-refractivity contribution in [2.75, 3.05) is 0 Å². The highest BCUT2D eigenvalue weighted by atomic mass is 14.6. The fourth-order valence-electron chi connectivity index (χ4n) is 0.626. The number of hydrogen-bond acceptors (Lipinski definition) is 1. The highest BCUT2D eigenvalue weighted by Crippen LogP contribution is 1.96. The third-order valence-electron chi connectivity index (χ3n) is 1.02. The van der Waals surface area contributed by atoms with Gasteiger partial charge in [-0.3, -0.25) is 4.98 Å². The number of pyridine rings is 1. The quantitative estimate of drug-likeness (QED) is 0.549. The predicted molar refractivity (Wildman–Crippen MR) is 37.6 cm³/mol. The topological polar surface area (TPSA) is 12.9 Å². The Morgan fingerprint density at radius 3 is 2.67 bits per heavy atom. The second-order valence-corrected chi connectivity index (χ2v) is 1.71. The molecule has 1 rings (SSSR count). The van der Waals surface area contributed by atoms with Gasteiger partial charge in [-0.15, -0.1) is 0 Å². The lowest BCUT2D eigenvalue weighted by Gasteiger charge is -1.86. The summed E-state index contributed by atoms with van der Waals surface area (Å²) in [5, 5.41) is 0. The molecule has 0 aliphatic carbocycles. The van der Waals surface area contributed by atoms with Crippen molar-refractivity contribution in [3.8, 4) is 0 Å². The molecule has 0 N–H and O–H groups in total. The zero-order chi connectivity index (χ0) is 6.53. The van der Waals surface area contributed by atoms with Crippen LogP contribution in [0.15, 0.2) is 24.5 Å². The Labute approximate surface area is 55.1 Å². The van der Waals surface area contributed by atoms with Gasteiger partial charge in [0, 0.05) is 12.4 Å². The zero-order valence-corrected chi connectivity index (χ0v) is 5.33. The monoisotopic (exact) mass is 118 g/mol. The van der Waals surface area contributed by atoms with E-state index in [2.05, 4.69) is 11.1 Å². The summed E-state index contributed by atoms with van der Waals surface area (Å²) in [5.41, 5.74) is 1.15. The van der Waals surface area contributed by atoms with Crippen molar-refractivity contribution in [1.29, 1.82) is 0 Å². The summed E-state index contributed by atoms with van der Waals surface area (Å²) in [6.07, 6.45) is 8.38. The molecule has 45 valence electrons. The molecule has 0 bridgehead atoms. The van der Waals surface area contributed by atoms with Gasteiger partial charge in [-0.25, -0.2) is 0 Å². The van der Waals surface area contributed by atoms with Crippen molar-refractivity contribution >= 4 is 6.08 Å². The van der Waals surface area contributed by atoms with Crippen LogP contribution in [0.2, 0.25) is 0 Å². The maximum Gasteiger partial charge on any atom is 0.0273 e. The van der Waals surface area contributed by atoms with Crippen molar-refractivity contribution in [2.45, 2.75) is 6.92 Å². The fraction of sp³-hybridized carbons (Fsp3) is 0.125. The minimum Gasteiger partial charge on any atom is -0.265 e. The Hall–Kier alpha value is -1.11. The lowest BCUT2D eigenvalue weighted by atomic mass is 10.2. The van der Waals surface area contributed by atoms with E-state index in [4.69, 9.17) is 0 Å². The largest absolute Gasteiger partial charge is 0.265 e. The normalized spacial score (nSPS) is 10.3. The molecule has 1 heteroatoms. The smallest absolute Gasteiger partial charge is 0.0273 e.